The van der Waals surface area contributed by atoms with Gasteiger partial charge in [0.2, 0.25) is 5.91 Å². The number of nitrogens with zero attached hydrogens (tertiary/aromatic N) is 1. The van der Waals surface area contributed by atoms with Crippen molar-refractivity contribution in [1.82, 2.24) is 5.32 Å². The molecule has 6 nitrogen and oxygen atoms in total. The van der Waals surface area contributed by atoms with E-state index in [2.05, 4.69) is 23.3 Å². The van der Waals surface area contributed by atoms with E-state index in [9.17, 15) is 14.9 Å². The lowest BCUT2D eigenvalue weighted by atomic mass is 9.82. The van der Waals surface area contributed by atoms with Crippen molar-refractivity contribution >= 4 is 52.5 Å². The molecule has 0 fully saturated rings. The highest BCUT2D eigenvalue weighted by atomic mass is 35.5. The molecule has 2 aromatic carbocycles. The van der Waals surface area contributed by atoms with Crippen LogP contribution in [0, 0.1) is 18.3 Å². The number of anilines is 1. The monoisotopic (exact) mass is 527 g/mol. The van der Waals surface area contributed by atoms with Gasteiger partial charge in [-0.15, -0.1) is 0 Å². The molecular formula is C26H23Cl2N3O3S. The van der Waals surface area contributed by atoms with E-state index in [1.54, 1.807) is 49.4 Å². The minimum absolute atomic E-state index is 0.0380. The van der Waals surface area contributed by atoms with Crippen LogP contribution in [-0.4, -0.2) is 24.2 Å². The maximum Gasteiger partial charge on any atom is 0.337 e. The third kappa shape index (κ3) is 6.29. The summed E-state index contributed by atoms with van der Waals surface area (Å²) in [5.74, 6) is -1.46. The number of carbonyl (C=O) groups is 2. The van der Waals surface area contributed by atoms with Gasteiger partial charge in [-0.1, -0.05) is 65.8 Å². The summed E-state index contributed by atoms with van der Waals surface area (Å²) >= 11 is 13.4. The Hall–Kier alpha value is -3.18. The summed E-state index contributed by atoms with van der Waals surface area (Å²) in [6.45, 7) is 7.17. The molecular weight excluding hydrogens is 505 g/mol. The van der Waals surface area contributed by atoms with Gasteiger partial charge in [0.05, 0.1) is 33.9 Å². The fourth-order valence-electron chi connectivity index (χ4n) is 3.56. The summed E-state index contributed by atoms with van der Waals surface area (Å²) < 4.78 is 5.30. The van der Waals surface area contributed by atoms with Crippen LogP contribution in [0.1, 0.15) is 24.0 Å². The van der Waals surface area contributed by atoms with E-state index >= 15 is 0 Å². The summed E-state index contributed by atoms with van der Waals surface area (Å²) in [5, 5.41) is 17.6. The van der Waals surface area contributed by atoms with Crippen molar-refractivity contribution in [3.8, 4) is 6.07 Å². The lowest BCUT2D eigenvalue weighted by Gasteiger charge is -2.29. The van der Waals surface area contributed by atoms with Gasteiger partial charge in [-0.2, -0.15) is 5.26 Å². The average molecular weight is 528 g/mol. The minimum atomic E-state index is -0.684. The smallest absolute Gasteiger partial charge is 0.337 e. The Bertz CT molecular complexity index is 1260. The van der Waals surface area contributed by atoms with E-state index in [1.165, 1.54) is 17.8 Å². The van der Waals surface area contributed by atoms with Crippen LogP contribution in [0.4, 0.5) is 5.69 Å². The first-order valence-electron chi connectivity index (χ1n) is 10.6. The summed E-state index contributed by atoms with van der Waals surface area (Å²) in [5.41, 5.74) is 3.25. The van der Waals surface area contributed by atoms with E-state index in [4.69, 9.17) is 27.9 Å². The van der Waals surface area contributed by atoms with Crippen LogP contribution < -0.4 is 10.6 Å². The highest BCUT2D eigenvalue weighted by Gasteiger charge is 2.35. The number of hydrogen-bond donors (Lipinski definition) is 2. The van der Waals surface area contributed by atoms with Crippen molar-refractivity contribution in [1.29, 1.82) is 5.26 Å². The minimum Gasteiger partial charge on any atom is -0.458 e. The Morgan fingerprint density at radius 3 is 2.60 bits per heavy atom. The molecule has 1 aliphatic heterocycles. The fraction of sp³-hybridized carbons (Fsp3) is 0.192. The van der Waals surface area contributed by atoms with E-state index < -0.39 is 11.9 Å². The molecule has 0 aromatic heterocycles. The number of carbonyl (C=O) groups excluding carboxylic acids is 2. The summed E-state index contributed by atoms with van der Waals surface area (Å²) in [7, 11) is 0. The number of dihydropyridines is 1. The Morgan fingerprint density at radius 2 is 1.94 bits per heavy atom. The molecule has 0 unspecified atom stereocenters. The first-order valence-corrected chi connectivity index (χ1v) is 12.3. The number of thioether (sulfide) groups is 1. The van der Waals surface area contributed by atoms with Gasteiger partial charge in [0.25, 0.3) is 0 Å². The van der Waals surface area contributed by atoms with Crippen LogP contribution in [0.15, 0.2) is 77.0 Å². The predicted octanol–water partition coefficient (Wildman–Crippen LogP) is 6.10. The summed E-state index contributed by atoms with van der Waals surface area (Å²) in [4.78, 5) is 25.6. The second-order valence-electron chi connectivity index (χ2n) is 7.64. The molecule has 1 atom stereocenters. The largest absolute Gasteiger partial charge is 0.458 e. The lowest BCUT2D eigenvalue weighted by molar-refractivity contribution is -0.138. The van der Waals surface area contributed by atoms with Crippen LogP contribution in [0.2, 0.25) is 10.0 Å². The molecule has 180 valence electrons. The third-order valence-electron chi connectivity index (χ3n) is 5.29. The second-order valence-corrected chi connectivity index (χ2v) is 9.47. The Kier molecular flexibility index (Phi) is 9.05. The summed E-state index contributed by atoms with van der Waals surface area (Å²) in [6, 6.07) is 14.4. The SMILES string of the molecule is C=CCOC(=O)C1=C(C)NC(SCC(=O)Nc2cccc(Cl)c2C)=C(C#N)[C@@H]1c1ccc(Cl)cc1. The molecule has 1 heterocycles. The number of nitriles is 1. The van der Waals surface area contributed by atoms with Gasteiger partial charge in [-0.3, -0.25) is 4.79 Å². The van der Waals surface area contributed by atoms with E-state index in [0.717, 1.165) is 5.56 Å². The van der Waals surface area contributed by atoms with Crippen molar-refractivity contribution in [2.75, 3.05) is 17.7 Å². The topological polar surface area (TPSA) is 91.2 Å². The number of amides is 1. The molecule has 0 saturated heterocycles. The van der Waals surface area contributed by atoms with Crippen molar-refractivity contribution in [3.63, 3.8) is 0 Å². The van der Waals surface area contributed by atoms with E-state index in [1.807, 2.05) is 6.92 Å². The molecule has 35 heavy (non-hydrogen) atoms. The van der Waals surface area contributed by atoms with Crippen LogP contribution in [-0.2, 0) is 14.3 Å². The Morgan fingerprint density at radius 1 is 1.23 bits per heavy atom. The van der Waals surface area contributed by atoms with Crippen molar-refractivity contribution < 1.29 is 14.3 Å². The number of allylic oxidation sites excluding steroid dienone is 2. The highest BCUT2D eigenvalue weighted by molar-refractivity contribution is 8.03. The number of ether oxygens (including phenoxy) is 1. The maximum atomic E-state index is 12.9. The standard InChI is InChI=1S/C26H23Cl2N3O3S/c1-4-12-34-26(33)23-16(3)30-25(19(13-29)24(23)17-8-10-18(27)11-9-17)35-14-22(32)31-21-7-5-6-20(28)15(21)2/h4-11,24,30H,1,12,14H2,2-3H3,(H,31,32)/t24-/m0/s1. The molecule has 2 N–H and O–H groups in total. The molecule has 0 radical (unpaired) electrons. The number of benzene rings is 2. The molecule has 1 amide bonds. The Balaban J connectivity index is 1.90. The molecule has 0 aliphatic carbocycles. The average Bonchev–Trinajstić information content (AvgIpc) is 2.84. The molecule has 0 spiro atoms. The normalized spacial score (nSPS) is 15.2. The second kappa shape index (κ2) is 12.0. The first-order chi connectivity index (χ1) is 16.8. The fourth-order valence-corrected chi connectivity index (χ4v) is 4.76. The van der Waals surface area contributed by atoms with Crippen LogP contribution >= 0.6 is 35.0 Å². The quantitative estimate of drug-likeness (QED) is 0.318. The zero-order chi connectivity index (χ0) is 25.5. The maximum absolute atomic E-state index is 12.9. The Labute approximate surface area is 218 Å². The van der Waals surface area contributed by atoms with Gasteiger partial charge in [0.1, 0.15) is 6.61 Å². The zero-order valence-electron chi connectivity index (χ0n) is 19.2. The van der Waals surface area contributed by atoms with Gasteiger partial charge >= 0.3 is 5.97 Å². The van der Waals surface area contributed by atoms with E-state index in [0.29, 0.717) is 43.2 Å². The summed E-state index contributed by atoms with van der Waals surface area (Å²) in [6.07, 6.45) is 1.48. The number of esters is 1. The molecule has 3 rings (SSSR count). The van der Waals surface area contributed by atoms with Crippen LogP contribution in [0.3, 0.4) is 0 Å². The van der Waals surface area contributed by atoms with Crippen molar-refractivity contribution in [3.05, 3.63) is 98.2 Å². The lowest BCUT2D eigenvalue weighted by Crippen LogP contribution is -2.29. The van der Waals surface area contributed by atoms with Crippen LogP contribution in [0.25, 0.3) is 0 Å². The number of hydrogen-bond acceptors (Lipinski definition) is 6. The molecule has 0 saturated carbocycles. The molecule has 2 aromatic rings. The number of halogens is 2. The molecule has 0 bridgehead atoms. The van der Waals surface area contributed by atoms with Gasteiger partial charge in [-0.25, -0.2) is 4.79 Å². The number of nitrogens with one attached hydrogen (secondary N) is 2. The highest BCUT2D eigenvalue weighted by Crippen LogP contribution is 2.41. The first kappa shape index (κ1) is 26.4. The predicted molar refractivity (Wildman–Crippen MR) is 141 cm³/mol. The van der Waals surface area contributed by atoms with E-state index in [-0.39, 0.29) is 18.3 Å². The van der Waals surface area contributed by atoms with Crippen LogP contribution in [0.5, 0.6) is 0 Å². The van der Waals surface area contributed by atoms with Crippen molar-refractivity contribution in [2.45, 2.75) is 19.8 Å². The third-order valence-corrected chi connectivity index (χ3v) is 6.97. The van der Waals surface area contributed by atoms with Gasteiger partial charge < -0.3 is 15.4 Å². The van der Waals surface area contributed by atoms with Gasteiger partial charge in [0, 0.05) is 21.4 Å². The number of rotatable bonds is 8. The van der Waals surface area contributed by atoms with Gasteiger partial charge in [-0.05, 0) is 49.2 Å². The molecule has 1 aliphatic rings. The molecule has 9 heteroatoms. The van der Waals surface area contributed by atoms with Gasteiger partial charge in [0.15, 0.2) is 0 Å². The zero-order valence-corrected chi connectivity index (χ0v) is 21.5. The van der Waals surface area contributed by atoms with Crippen molar-refractivity contribution in [2.24, 2.45) is 0 Å².